The van der Waals surface area contributed by atoms with Crippen LogP contribution in [0.2, 0.25) is 0 Å². The summed E-state index contributed by atoms with van der Waals surface area (Å²) in [4.78, 5) is 0. The average molecular weight is 326 g/mol. The standard InChI is InChI=1S/C11H14BrF2NOS/c1-2-7(15)5-17(16)6-8-10(13)4-3-9(12)11(8)14/h3-4,7H,2,5-6,15H2,1H3. The third-order valence-corrected chi connectivity index (χ3v) is 4.39. The van der Waals surface area contributed by atoms with Crippen molar-refractivity contribution < 1.29 is 13.0 Å². The monoisotopic (exact) mass is 325 g/mol. The first-order chi connectivity index (χ1) is 7.95. The van der Waals surface area contributed by atoms with E-state index in [1.165, 1.54) is 6.07 Å². The van der Waals surface area contributed by atoms with Crippen molar-refractivity contribution in [2.75, 3.05) is 5.75 Å². The summed E-state index contributed by atoms with van der Waals surface area (Å²) < 4.78 is 38.8. The molecule has 0 amide bonds. The lowest BCUT2D eigenvalue weighted by Crippen LogP contribution is -2.26. The van der Waals surface area contributed by atoms with Gasteiger partial charge < -0.3 is 5.73 Å². The molecule has 96 valence electrons. The summed E-state index contributed by atoms with van der Waals surface area (Å²) >= 11 is 2.97. The van der Waals surface area contributed by atoms with Crippen LogP contribution in [0.4, 0.5) is 8.78 Å². The molecule has 0 heterocycles. The summed E-state index contributed by atoms with van der Waals surface area (Å²) in [6.45, 7) is 1.88. The minimum absolute atomic E-state index is 0.148. The highest BCUT2D eigenvalue weighted by Gasteiger charge is 2.16. The fourth-order valence-corrected chi connectivity index (χ4v) is 3.07. The second-order valence-electron chi connectivity index (χ2n) is 3.74. The van der Waals surface area contributed by atoms with E-state index in [-0.39, 0.29) is 27.6 Å². The molecule has 17 heavy (non-hydrogen) atoms. The molecule has 0 saturated carbocycles. The van der Waals surface area contributed by atoms with E-state index >= 15 is 0 Å². The minimum Gasteiger partial charge on any atom is -0.327 e. The maximum absolute atomic E-state index is 13.6. The van der Waals surface area contributed by atoms with Crippen molar-refractivity contribution in [2.45, 2.75) is 25.1 Å². The van der Waals surface area contributed by atoms with E-state index in [4.69, 9.17) is 5.73 Å². The molecule has 2 N–H and O–H groups in total. The van der Waals surface area contributed by atoms with Gasteiger partial charge in [-0.2, -0.15) is 0 Å². The van der Waals surface area contributed by atoms with Gasteiger partial charge in [0.2, 0.25) is 0 Å². The fraction of sp³-hybridized carbons (Fsp3) is 0.455. The first-order valence-corrected chi connectivity index (χ1v) is 7.46. The van der Waals surface area contributed by atoms with Gasteiger partial charge in [-0.25, -0.2) is 8.78 Å². The van der Waals surface area contributed by atoms with E-state index in [1.54, 1.807) is 0 Å². The topological polar surface area (TPSA) is 43.1 Å². The van der Waals surface area contributed by atoms with Crippen molar-refractivity contribution in [1.29, 1.82) is 0 Å². The van der Waals surface area contributed by atoms with Gasteiger partial charge in [-0.1, -0.05) is 6.92 Å². The Kier molecular flexibility index (Phi) is 5.69. The summed E-state index contributed by atoms with van der Waals surface area (Å²) in [5.41, 5.74) is 5.49. The third-order valence-electron chi connectivity index (χ3n) is 2.37. The molecule has 0 spiro atoms. The molecule has 2 nitrogen and oxygen atoms in total. The van der Waals surface area contributed by atoms with Gasteiger partial charge in [-0.3, -0.25) is 4.21 Å². The Morgan fingerprint density at radius 1 is 1.47 bits per heavy atom. The second-order valence-corrected chi connectivity index (χ2v) is 6.10. The summed E-state index contributed by atoms with van der Waals surface area (Å²) in [6.07, 6.45) is 0.690. The highest BCUT2D eigenvalue weighted by atomic mass is 79.9. The molecular weight excluding hydrogens is 312 g/mol. The van der Waals surface area contributed by atoms with Crippen LogP contribution < -0.4 is 5.73 Å². The molecule has 0 saturated heterocycles. The van der Waals surface area contributed by atoms with Crippen molar-refractivity contribution in [3.8, 4) is 0 Å². The Balaban J connectivity index is 2.81. The summed E-state index contributed by atoms with van der Waals surface area (Å²) in [6, 6.07) is 2.24. The van der Waals surface area contributed by atoms with Gasteiger partial charge in [0.15, 0.2) is 0 Å². The molecule has 0 aliphatic heterocycles. The van der Waals surface area contributed by atoms with Crippen molar-refractivity contribution >= 4 is 26.7 Å². The van der Waals surface area contributed by atoms with Gasteiger partial charge in [0.1, 0.15) is 11.6 Å². The first kappa shape index (κ1) is 14.7. The van der Waals surface area contributed by atoms with Crippen molar-refractivity contribution in [1.82, 2.24) is 0 Å². The van der Waals surface area contributed by atoms with E-state index in [2.05, 4.69) is 15.9 Å². The van der Waals surface area contributed by atoms with Crippen LogP contribution in [-0.4, -0.2) is 16.0 Å². The zero-order chi connectivity index (χ0) is 13.0. The van der Waals surface area contributed by atoms with Crippen LogP contribution in [0.5, 0.6) is 0 Å². The zero-order valence-electron chi connectivity index (χ0n) is 9.38. The first-order valence-electron chi connectivity index (χ1n) is 5.18. The van der Waals surface area contributed by atoms with Crippen LogP contribution in [0.25, 0.3) is 0 Å². The van der Waals surface area contributed by atoms with Crippen LogP contribution >= 0.6 is 15.9 Å². The Labute approximate surface area is 110 Å². The molecule has 6 heteroatoms. The van der Waals surface area contributed by atoms with Gasteiger partial charge in [0, 0.05) is 28.2 Å². The highest BCUT2D eigenvalue weighted by molar-refractivity contribution is 9.10. The average Bonchev–Trinajstić information content (AvgIpc) is 2.29. The normalized spacial score (nSPS) is 14.6. The number of nitrogens with two attached hydrogens (primary N) is 1. The summed E-state index contributed by atoms with van der Waals surface area (Å²) in [5.74, 6) is -1.26. The lowest BCUT2D eigenvalue weighted by molar-refractivity contribution is 0.559. The van der Waals surface area contributed by atoms with Crippen molar-refractivity contribution in [3.63, 3.8) is 0 Å². The Hall–Kier alpha value is -0.330. The largest absolute Gasteiger partial charge is 0.327 e. The van der Waals surface area contributed by atoms with Crippen LogP contribution in [0.15, 0.2) is 16.6 Å². The van der Waals surface area contributed by atoms with Crippen molar-refractivity contribution in [3.05, 3.63) is 33.8 Å². The number of benzene rings is 1. The van der Waals surface area contributed by atoms with Crippen LogP contribution in [0, 0.1) is 11.6 Å². The lowest BCUT2D eigenvalue weighted by Gasteiger charge is -2.10. The number of hydrogen-bond acceptors (Lipinski definition) is 2. The number of halogens is 3. The fourth-order valence-electron chi connectivity index (χ4n) is 1.28. The van der Waals surface area contributed by atoms with Gasteiger partial charge in [0.25, 0.3) is 0 Å². The van der Waals surface area contributed by atoms with E-state index in [9.17, 15) is 13.0 Å². The van der Waals surface area contributed by atoms with Crippen LogP contribution in [0.1, 0.15) is 18.9 Å². The predicted molar refractivity (Wildman–Crippen MR) is 69.0 cm³/mol. The molecule has 2 atom stereocenters. The molecule has 0 aliphatic rings. The molecule has 0 aliphatic carbocycles. The molecule has 1 rings (SSSR count). The maximum atomic E-state index is 13.6. The smallest absolute Gasteiger partial charge is 0.144 e. The summed E-state index contributed by atoms with van der Waals surface area (Å²) in [7, 11) is -1.36. The minimum atomic E-state index is -1.36. The molecule has 1 aromatic rings. The van der Waals surface area contributed by atoms with Gasteiger partial charge in [0.05, 0.1) is 10.2 Å². The summed E-state index contributed by atoms with van der Waals surface area (Å²) in [5, 5.41) is 0. The van der Waals surface area contributed by atoms with Crippen LogP contribution in [0.3, 0.4) is 0 Å². The lowest BCUT2D eigenvalue weighted by atomic mass is 10.2. The molecular formula is C11H14BrF2NOS. The van der Waals surface area contributed by atoms with Gasteiger partial charge >= 0.3 is 0 Å². The van der Waals surface area contributed by atoms with E-state index in [1.807, 2.05) is 6.92 Å². The molecule has 0 aromatic heterocycles. The maximum Gasteiger partial charge on any atom is 0.144 e. The highest BCUT2D eigenvalue weighted by Crippen LogP contribution is 2.22. The third kappa shape index (κ3) is 4.12. The van der Waals surface area contributed by atoms with E-state index in [0.29, 0.717) is 6.42 Å². The van der Waals surface area contributed by atoms with Gasteiger partial charge in [-0.15, -0.1) is 0 Å². The van der Waals surface area contributed by atoms with E-state index in [0.717, 1.165) is 6.07 Å². The van der Waals surface area contributed by atoms with E-state index < -0.39 is 22.4 Å². The molecule has 0 radical (unpaired) electrons. The molecule has 1 aromatic carbocycles. The Morgan fingerprint density at radius 3 is 2.71 bits per heavy atom. The molecule has 0 bridgehead atoms. The Bertz CT molecular complexity index is 428. The zero-order valence-corrected chi connectivity index (χ0v) is 11.8. The predicted octanol–water partition coefficient (Wildman–Crippen LogP) is 2.71. The molecule has 2 unspecified atom stereocenters. The molecule has 0 fully saturated rings. The Morgan fingerprint density at radius 2 is 2.12 bits per heavy atom. The SMILES string of the molecule is CCC(N)CS(=O)Cc1c(F)ccc(Br)c1F. The second kappa shape index (κ2) is 6.56. The van der Waals surface area contributed by atoms with Gasteiger partial charge in [-0.05, 0) is 34.5 Å². The number of hydrogen-bond donors (Lipinski definition) is 1. The number of rotatable bonds is 5. The van der Waals surface area contributed by atoms with Crippen molar-refractivity contribution in [2.24, 2.45) is 5.73 Å². The van der Waals surface area contributed by atoms with Crippen LogP contribution in [-0.2, 0) is 16.6 Å². The quantitative estimate of drug-likeness (QED) is 0.846.